The number of carbonyl (C=O) groups is 1. The van der Waals surface area contributed by atoms with Crippen molar-refractivity contribution in [3.8, 4) is 0 Å². The fourth-order valence-electron chi connectivity index (χ4n) is 1.65. The van der Waals surface area contributed by atoms with Crippen molar-refractivity contribution in [2.75, 3.05) is 13.6 Å². The van der Waals surface area contributed by atoms with Crippen molar-refractivity contribution in [3.05, 3.63) is 0 Å². The SMILES string of the molecule is CCCCCCC(C)NCC(=O)N(C)C(C)C. The number of hydrogen-bond donors (Lipinski definition) is 1. The lowest BCUT2D eigenvalue weighted by molar-refractivity contribution is -0.130. The summed E-state index contributed by atoms with van der Waals surface area (Å²) in [6.45, 7) is 8.92. The molecule has 0 aliphatic carbocycles. The molecule has 3 heteroatoms. The van der Waals surface area contributed by atoms with Crippen LogP contribution in [0.4, 0.5) is 0 Å². The fourth-order valence-corrected chi connectivity index (χ4v) is 1.65. The van der Waals surface area contributed by atoms with Gasteiger partial charge >= 0.3 is 0 Å². The highest BCUT2D eigenvalue weighted by molar-refractivity contribution is 5.78. The summed E-state index contributed by atoms with van der Waals surface area (Å²) in [6.07, 6.45) is 6.33. The summed E-state index contributed by atoms with van der Waals surface area (Å²) >= 11 is 0. The van der Waals surface area contributed by atoms with Crippen molar-refractivity contribution in [3.63, 3.8) is 0 Å². The van der Waals surface area contributed by atoms with Crippen LogP contribution in [0, 0.1) is 0 Å². The third-order valence-corrected chi connectivity index (χ3v) is 3.26. The Balaban J connectivity index is 3.62. The Bertz CT molecular complexity index is 204. The molecule has 0 saturated heterocycles. The lowest BCUT2D eigenvalue weighted by atomic mass is 10.1. The maximum absolute atomic E-state index is 11.7. The summed E-state index contributed by atoms with van der Waals surface area (Å²) in [4.78, 5) is 13.5. The summed E-state index contributed by atoms with van der Waals surface area (Å²) in [5, 5.41) is 3.30. The van der Waals surface area contributed by atoms with Gasteiger partial charge in [0.05, 0.1) is 6.54 Å². The van der Waals surface area contributed by atoms with Crippen LogP contribution >= 0.6 is 0 Å². The molecule has 0 rings (SSSR count). The number of nitrogens with zero attached hydrogens (tertiary/aromatic N) is 1. The Labute approximate surface area is 107 Å². The van der Waals surface area contributed by atoms with Gasteiger partial charge in [-0.05, 0) is 27.2 Å². The second-order valence-electron chi connectivity index (χ2n) is 5.23. The molecule has 0 saturated carbocycles. The van der Waals surface area contributed by atoms with Crippen molar-refractivity contribution in [2.45, 2.75) is 71.9 Å². The minimum absolute atomic E-state index is 0.181. The highest BCUT2D eigenvalue weighted by Gasteiger charge is 2.12. The molecule has 0 aliphatic rings. The van der Waals surface area contributed by atoms with Crippen LogP contribution in [0.2, 0.25) is 0 Å². The third-order valence-electron chi connectivity index (χ3n) is 3.26. The number of amides is 1. The predicted octanol–water partition coefficient (Wildman–Crippen LogP) is 2.80. The number of likely N-dealkylation sites (N-methyl/N-ethyl adjacent to an activating group) is 1. The van der Waals surface area contributed by atoms with Crippen LogP contribution in [-0.4, -0.2) is 36.5 Å². The topological polar surface area (TPSA) is 32.3 Å². The molecule has 102 valence electrons. The summed E-state index contributed by atoms with van der Waals surface area (Å²) in [5.74, 6) is 0.181. The summed E-state index contributed by atoms with van der Waals surface area (Å²) in [5.41, 5.74) is 0. The zero-order chi connectivity index (χ0) is 13.3. The van der Waals surface area contributed by atoms with E-state index >= 15 is 0 Å². The monoisotopic (exact) mass is 242 g/mol. The van der Waals surface area contributed by atoms with Gasteiger partial charge < -0.3 is 10.2 Å². The minimum Gasteiger partial charge on any atom is -0.342 e. The van der Waals surface area contributed by atoms with E-state index in [1.54, 1.807) is 4.90 Å². The minimum atomic E-state index is 0.181. The molecule has 0 aromatic carbocycles. The molecule has 17 heavy (non-hydrogen) atoms. The first-order valence-corrected chi connectivity index (χ1v) is 6.98. The zero-order valence-electron chi connectivity index (χ0n) is 12.3. The molecule has 0 aromatic heterocycles. The van der Waals surface area contributed by atoms with Gasteiger partial charge in [0, 0.05) is 19.1 Å². The molecule has 1 N–H and O–H groups in total. The quantitative estimate of drug-likeness (QED) is 0.631. The van der Waals surface area contributed by atoms with Gasteiger partial charge in [0.15, 0.2) is 0 Å². The van der Waals surface area contributed by atoms with Gasteiger partial charge in [-0.2, -0.15) is 0 Å². The van der Waals surface area contributed by atoms with Crippen LogP contribution in [0.15, 0.2) is 0 Å². The van der Waals surface area contributed by atoms with Gasteiger partial charge in [-0.3, -0.25) is 4.79 Å². The maximum Gasteiger partial charge on any atom is 0.236 e. The van der Waals surface area contributed by atoms with E-state index in [-0.39, 0.29) is 11.9 Å². The number of unbranched alkanes of at least 4 members (excludes halogenated alkanes) is 3. The Morgan fingerprint density at radius 3 is 2.35 bits per heavy atom. The molecular formula is C14H30N2O. The van der Waals surface area contributed by atoms with Crippen LogP contribution in [-0.2, 0) is 4.79 Å². The van der Waals surface area contributed by atoms with Crippen molar-refractivity contribution in [1.82, 2.24) is 10.2 Å². The predicted molar refractivity (Wildman–Crippen MR) is 74.1 cm³/mol. The first-order chi connectivity index (χ1) is 7.99. The second kappa shape index (κ2) is 9.46. The normalized spacial score (nSPS) is 12.8. The van der Waals surface area contributed by atoms with Gasteiger partial charge in [0.25, 0.3) is 0 Å². The second-order valence-corrected chi connectivity index (χ2v) is 5.23. The molecule has 0 radical (unpaired) electrons. The third kappa shape index (κ3) is 8.19. The summed E-state index contributed by atoms with van der Waals surface area (Å²) in [6, 6.07) is 0.723. The van der Waals surface area contributed by atoms with E-state index in [0.717, 1.165) is 0 Å². The van der Waals surface area contributed by atoms with Crippen molar-refractivity contribution >= 4 is 5.91 Å². The first-order valence-electron chi connectivity index (χ1n) is 6.98. The molecular weight excluding hydrogens is 212 g/mol. The molecule has 1 unspecified atom stereocenters. The molecule has 0 aliphatic heterocycles. The highest BCUT2D eigenvalue weighted by Crippen LogP contribution is 2.05. The summed E-state index contributed by atoms with van der Waals surface area (Å²) in [7, 11) is 1.86. The average Bonchev–Trinajstić information content (AvgIpc) is 2.30. The molecule has 0 fully saturated rings. The Kier molecular flexibility index (Phi) is 9.14. The van der Waals surface area contributed by atoms with Gasteiger partial charge in [-0.25, -0.2) is 0 Å². The molecule has 0 bridgehead atoms. The Hall–Kier alpha value is -0.570. The van der Waals surface area contributed by atoms with E-state index in [9.17, 15) is 4.79 Å². The van der Waals surface area contributed by atoms with E-state index in [1.807, 2.05) is 20.9 Å². The van der Waals surface area contributed by atoms with Crippen LogP contribution < -0.4 is 5.32 Å². The first kappa shape index (κ1) is 16.4. The molecule has 0 heterocycles. The van der Waals surface area contributed by atoms with E-state index < -0.39 is 0 Å². The average molecular weight is 242 g/mol. The van der Waals surface area contributed by atoms with Gasteiger partial charge in [0.1, 0.15) is 0 Å². The van der Waals surface area contributed by atoms with Gasteiger partial charge in [-0.15, -0.1) is 0 Å². The number of nitrogens with one attached hydrogen (secondary N) is 1. The van der Waals surface area contributed by atoms with Crippen LogP contribution in [0.1, 0.15) is 59.8 Å². The van der Waals surface area contributed by atoms with Crippen LogP contribution in [0.5, 0.6) is 0 Å². The van der Waals surface area contributed by atoms with Crippen LogP contribution in [0.3, 0.4) is 0 Å². The highest BCUT2D eigenvalue weighted by atomic mass is 16.2. The largest absolute Gasteiger partial charge is 0.342 e. The molecule has 1 atom stereocenters. The van der Waals surface area contributed by atoms with Gasteiger partial charge in [0.2, 0.25) is 5.91 Å². The number of hydrogen-bond acceptors (Lipinski definition) is 2. The van der Waals surface area contributed by atoms with E-state index in [1.165, 1.54) is 32.1 Å². The molecule has 0 spiro atoms. The Morgan fingerprint density at radius 2 is 1.82 bits per heavy atom. The molecule has 3 nitrogen and oxygen atoms in total. The Morgan fingerprint density at radius 1 is 1.18 bits per heavy atom. The van der Waals surface area contributed by atoms with Gasteiger partial charge in [-0.1, -0.05) is 32.6 Å². The zero-order valence-corrected chi connectivity index (χ0v) is 12.3. The molecule has 1 amide bonds. The number of rotatable bonds is 9. The van der Waals surface area contributed by atoms with Crippen molar-refractivity contribution < 1.29 is 4.79 Å². The lowest BCUT2D eigenvalue weighted by Crippen LogP contribution is -2.41. The maximum atomic E-state index is 11.7. The summed E-state index contributed by atoms with van der Waals surface area (Å²) < 4.78 is 0. The molecule has 0 aromatic rings. The van der Waals surface area contributed by atoms with E-state index in [4.69, 9.17) is 0 Å². The standard InChI is InChI=1S/C14H30N2O/c1-6-7-8-9-10-13(4)15-11-14(17)16(5)12(2)3/h12-13,15H,6-11H2,1-5H3. The van der Waals surface area contributed by atoms with Crippen molar-refractivity contribution in [2.24, 2.45) is 0 Å². The van der Waals surface area contributed by atoms with Crippen LogP contribution in [0.25, 0.3) is 0 Å². The van der Waals surface area contributed by atoms with E-state index in [2.05, 4.69) is 19.2 Å². The lowest BCUT2D eigenvalue weighted by Gasteiger charge is -2.23. The fraction of sp³-hybridized carbons (Fsp3) is 0.929. The van der Waals surface area contributed by atoms with E-state index in [0.29, 0.717) is 12.6 Å². The number of carbonyl (C=O) groups excluding carboxylic acids is 1. The smallest absolute Gasteiger partial charge is 0.236 e. The van der Waals surface area contributed by atoms with Crippen molar-refractivity contribution in [1.29, 1.82) is 0 Å².